The number of halogens is 1. The van der Waals surface area contributed by atoms with Gasteiger partial charge < -0.3 is 5.11 Å². The summed E-state index contributed by atoms with van der Waals surface area (Å²) in [5.74, 6) is 1.34. The van der Waals surface area contributed by atoms with Gasteiger partial charge in [0, 0.05) is 4.47 Å². The van der Waals surface area contributed by atoms with Crippen molar-refractivity contribution in [3.63, 3.8) is 0 Å². The van der Waals surface area contributed by atoms with Crippen LogP contribution in [0.1, 0.15) is 56.3 Å². The van der Waals surface area contributed by atoms with Gasteiger partial charge in [-0.2, -0.15) is 0 Å². The van der Waals surface area contributed by atoms with Crippen molar-refractivity contribution < 1.29 is 5.11 Å². The van der Waals surface area contributed by atoms with Gasteiger partial charge in [0.15, 0.2) is 0 Å². The first kappa shape index (κ1) is 14.1. The molecule has 1 N–H and O–H groups in total. The molecule has 2 heteroatoms. The zero-order chi connectivity index (χ0) is 13.1. The predicted molar refractivity (Wildman–Crippen MR) is 79.6 cm³/mol. The SMILES string of the molecule is CCC1CCC(C(O)c2ccc(Br)cc2C)CC1. The summed E-state index contributed by atoms with van der Waals surface area (Å²) < 4.78 is 1.09. The zero-order valence-electron chi connectivity index (χ0n) is 11.3. The predicted octanol–water partition coefficient (Wildman–Crippen LogP) is 5.01. The highest BCUT2D eigenvalue weighted by Crippen LogP contribution is 2.38. The Bertz CT molecular complexity index is 394. The molecule has 0 bridgehead atoms. The molecular formula is C16H23BrO. The van der Waals surface area contributed by atoms with E-state index in [1.807, 2.05) is 6.07 Å². The van der Waals surface area contributed by atoms with Gasteiger partial charge in [-0.25, -0.2) is 0 Å². The fraction of sp³-hybridized carbons (Fsp3) is 0.625. The van der Waals surface area contributed by atoms with Crippen molar-refractivity contribution in [1.82, 2.24) is 0 Å². The molecule has 1 atom stereocenters. The maximum Gasteiger partial charge on any atom is 0.0820 e. The highest BCUT2D eigenvalue weighted by Gasteiger charge is 2.27. The molecule has 1 aliphatic rings. The molecule has 100 valence electrons. The third kappa shape index (κ3) is 3.16. The average Bonchev–Trinajstić information content (AvgIpc) is 2.38. The Labute approximate surface area is 119 Å². The molecule has 18 heavy (non-hydrogen) atoms. The molecule has 1 unspecified atom stereocenters. The van der Waals surface area contributed by atoms with Gasteiger partial charge in [-0.1, -0.05) is 48.2 Å². The van der Waals surface area contributed by atoms with E-state index in [2.05, 4.69) is 41.9 Å². The van der Waals surface area contributed by atoms with Crippen LogP contribution in [-0.2, 0) is 0 Å². The average molecular weight is 311 g/mol. The van der Waals surface area contributed by atoms with Gasteiger partial charge in [-0.3, -0.25) is 0 Å². The van der Waals surface area contributed by atoms with Gasteiger partial charge in [-0.05, 0) is 54.9 Å². The monoisotopic (exact) mass is 310 g/mol. The molecule has 1 aromatic carbocycles. The van der Waals surface area contributed by atoms with Gasteiger partial charge in [-0.15, -0.1) is 0 Å². The maximum atomic E-state index is 10.6. The molecule has 0 saturated heterocycles. The fourth-order valence-corrected chi connectivity index (χ4v) is 3.61. The lowest BCUT2D eigenvalue weighted by atomic mass is 9.76. The summed E-state index contributed by atoms with van der Waals surface area (Å²) >= 11 is 3.48. The van der Waals surface area contributed by atoms with Gasteiger partial charge in [0.1, 0.15) is 0 Å². The van der Waals surface area contributed by atoms with E-state index in [9.17, 15) is 5.11 Å². The lowest BCUT2D eigenvalue weighted by Gasteiger charge is -2.31. The van der Waals surface area contributed by atoms with Crippen molar-refractivity contribution in [1.29, 1.82) is 0 Å². The van der Waals surface area contributed by atoms with Crippen LogP contribution in [0.3, 0.4) is 0 Å². The van der Waals surface area contributed by atoms with Crippen LogP contribution in [0.2, 0.25) is 0 Å². The highest BCUT2D eigenvalue weighted by atomic mass is 79.9. The minimum absolute atomic E-state index is 0.282. The summed E-state index contributed by atoms with van der Waals surface area (Å²) in [5, 5.41) is 10.6. The van der Waals surface area contributed by atoms with Crippen LogP contribution < -0.4 is 0 Å². The third-order valence-electron chi connectivity index (χ3n) is 4.47. The first-order valence-corrected chi connectivity index (χ1v) is 7.85. The van der Waals surface area contributed by atoms with Crippen LogP contribution in [0.5, 0.6) is 0 Å². The summed E-state index contributed by atoms with van der Waals surface area (Å²) in [7, 11) is 0. The molecular weight excluding hydrogens is 288 g/mol. The Hall–Kier alpha value is -0.340. The Kier molecular flexibility index (Phi) is 4.85. The summed E-state index contributed by atoms with van der Waals surface area (Å²) in [6, 6.07) is 6.19. The number of aliphatic hydroxyl groups is 1. The van der Waals surface area contributed by atoms with E-state index in [0.29, 0.717) is 5.92 Å². The molecule has 1 aliphatic carbocycles. The Morgan fingerprint density at radius 3 is 2.50 bits per heavy atom. The van der Waals surface area contributed by atoms with Crippen molar-refractivity contribution in [3.05, 3.63) is 33.8 Å². The van der Waals surface area contributed by atoms with E-state index < -0.39 is 0 Å². The molecule has 0 amide bonds. The molecule has 1 fully saturated rings. The number of hydrogen-bond acceptors (Lipinski definition) is 1. The van der Waals surface area contributed by atoms with Gasteiger partial charge in [0.05, 0.1) is 6.10 Å². The second kappa shape index (κ2) is 6.21. The largest absolute Gasteiger partial charge is 0.388 e. The lowest BCUT2D eigenvalue weighted by Crippen LogP contribution is -2.20. The molecule has 1 aromatic rings. The third-order valence-corrected chi connectivity index (χ3v) is 4.96. The second-order valence-corrected chi connectivity index (χ2v) is 6.55. The van der Waals surface area contributed by atoms with Gasteiger partial charge in [0.2, 0.25) is 0 Å². The van der Waals surface area contributed by atoms with Crippen LogP contribution >= 0.6 is 15.9 Å². The topological polar surface area (TPSA) is 20.2 Å². The molecule has 0 spiro atoms. The van der Waals surface area contributed by atoms with Crippen LogP contribution in [-0.4, -0.2) is 5.11 Å². The standard InChI is InChI=1S/C16H23BrO/c1-3-12-4-6-13(7-5-12)16(18)15-9-8-14(17)10-11(15)2/h8-10,12-13,16,18H,3-7H2,1-2H3. The van der Waals surface area contributed by atoms with Crippen molar-refractivity contribution in [2.45, 2.75) is 52.1 Å². The maximum absolute atomic E-state index is 10.6. The molecule has 0 heterocycles. The fourth-order valence-electron chi connectivity index (χ4n) is 3.14. The van der Waals surface area contributed by atoms with Gasteiger partial charge >= 0.3 is 0 Å². The lowest BCUT2D eigenvalue weighted by molar-refractivity contribution is 0.0724. The second-order valence-electron chi connectivity index (χ2n) is 5.63. The van der Waals surface area contributed by atoms with E-state index in [4.69, 9.17) is 0 Å². The normalized spacial score (nSPS) is 26.0. The Morgan fingerprint density at radius 2 is 1.94 bits per heavy atom. The van der Waals surface area contributed by atoms with E-state index in [-0.39, 0.29) is 6.10 Å². The van der Waals surface area contributed by atoms with E-state index in [1.165, 1.54) is 37.7 Å². The molecule has 0 radical (unpaired) electrons. The minimum atomic E-state index is -0.282. The molecule has 2 rings (SSSR count). The van der Waals surface area contributed by atoms with E-state index >= 15 is 0 Å². The first-order chi connectivity index (χ1) is 8.61. The van der Waals surface area contributed by atoms with Crippen LogP contribution in [0.15, 0.2) is 22.7 Å². The van der Waals surface area contributed by atoms with Crippen LogP contribution in [0.4, 0.5) is 0 Å². The van der Waals surface area contributed by atoms with Crippen molar-refractivity contribution in [2.24, 2.45) is 11.8 Å². The summed E-state index contributed by atoms with van der Waals surface area (Å²) in [6.07, 6.45) is 5.93. The number of aryl methyl sites for hydroxylation is 1. The number of hydrogen-bond donors (Lipinski definition) is 1. The zero-order valence-corrected chi connectivity index (χ0v) is 12.9. The number of benzene rings is 1. The van der Waals surface area contributed by atoms with Gasteiger partial charge in [0.25, 0.3) is 0 Å². The minimum Gasteiger partial charge on any atom is -0.388 e. The Balaban J connectivity index is 2.05. The summed E-state index contributed by atoms with van der Waals surface area (Å²) in [5.41, 5.74) is 2.30. The summed E-state index contributed by atoms with van der Waals surface area (Å²) in [6.45, 7) is 4.36. The highest BCUT2D eigenvalue weighted by molar-refractivity contribution is 9.10. The van der Waals surface area contributed by atoms with Crippen LogP contribution in [0.25, 0.3) is 0 Å². The van der Waals surface area contributed by atoms with Crippen molar-refractivity contribution >= 4 is 15.9 Å². The number of rotatable bonds is 3. The number of aliphatic hydroxyl groups excluding tert-OH is 1. The summed E-state index contributed by atoms with van der Waals surface area (Å²) in [4.78, 5) is 0. The molecule has 0 aromatic heterocycles. The van der Waals surface area contributed by atoms with E-state index in [1.54, 1.807) is 0 Å². The quantitative estimate of drug-likeness (QED) is 0.832. The smallest absolute Gasteiger partial charge is 0.0820 e. The first-order valence-electron chi connectivity index (χ1n) is 7.06. The van der Waals surface area contributed by atoms with Crippen molar-refractivity contribution in [3.8, 4) is 0 Å². The van der Waals surface area contributed by atoms with Crippen molar-refractivity contribution in [2.75, 3.05) is 0 Å². The Morgan fingerprint density at radius 1 is 1.28 bits per heavy atom. The van der Waals surface area contributed by atoms with E-state index in [0.717, 1.165) is 16.0 Å². The molecule has 1 nitrogen and oxygen atoms in total. The molecule has 1 saturated carbocycles. The van der Waals surface area contributed by atoms with Crippen LogP contribution in [0, 0.1) is 18.8 Å². The molecule has 0 aliphatic heterocycles.